The first-order valence-electron chi connectivity index (χ1n) is 7.64. The molecule has 0 saturated heterocycles. The second kappa shape index (κ2) is 5.52. The van der Waals surface area contributed by atoms with Crippen LogP contribution in [0.2, 0.25) is 0 Å². The van der Waals surface area contributed by atoms with E-state index in [1.807, 2.05) is 6.92 Å². The minimum atomic E-state index is 0.0974. The molecule has 0 nitrogen and oxygen atoms in total. The number of rotatable bonds is 0. The Morgan fingerprint density at radius 1 is 0.857 bits per heavy atom. The van der Waals surface area contributed by atoms with E-state index >= 15 is 0 Å². The number of fused-ring (bicyclic) bond motifs is 3. The molecule has 21 heavy (non-hydrogen) atoms. The molecule has 2 aromatic rings. The SMILES string of the molecule is C=CC.CC(C)(C)C1(C)c2ccccc2-c2ccccc21. The van der Waals surface area contributed by atoms with Crippen LogP contribution < -0.4 is 0 Å². The van der Waals surface area contributed by atoms with Crippen molar-refractivity contribution in [2.24, 2.45) is 5.41 Å². The molecular weight excluding hydrogens is 252 g/mol. The van der Waals surface area contributed by atoms with Crippen LogP contribution in [0.3, 0.4) is 0 Å². The van der Waals surface area contributed by atoms with Crippen LogP contribution in [0.25, 0.3) is 11.1 Å². The van der Waals surface area contributed by atoms with Crippen molar-refractivity contribution in [1.82, 2.24) is 0 Å². The fourth-order valence-electron chi connectivity index (χ4n) is 3.26. The molecular formula is C21H26. The molecule has 0 N–H and O–H groups in total. The maximum absolute atomic E-state index is 3.36. The molecule has 0 spiro atoms. The predicted molar refractivity (Wildman–Crippen MR) is 93.7 cm³/mol. The van der Waals surface area contributed by atoms with Gasteiger partial charge in [0.15, 0.2) is 0 Å². The van der Waals surface area contributed by atoms with Crippen molar-refractivity contribution < 1.29 is 0 Å². The number of benzene rings is 2. The van der Waals surface area contributed by atoms with Crippen LogP contribution in [0.1, 0.15) is 45.7 Å². The fraction of sp³-hybridized carbons (Fsp3) is 0.333. The monoisotopic (exact) mass is 278 g/mol. The molecule has 0 amide bonds. The van der Waals surface area contributed by atoms with Crippen LogP contribution in [-0.2, 0) is 5.41 Å². The first kappa shape index (κ1) is 15.6. The number of allylic oxidation sites excluding steroid dienone is 1. The van der Waals surface area contributed by atoms with E-state index in [1.54, 1.807) is 6.08 Å². The Bertz CT molecular complexity index is 596. The molecule has 2 aromatic carbocycles. The maximum Gasteiger partial charge on any atom is 0.0235 e. The summed E-state index contributed by atoms with van der Waals surface area (Å²) >= 11 is 0. The van der Waals surface area contributed by atoms with E-state index in [9.17, 15) is 0 Å². The van der Waals surface area contributed by atoms with Crippen LogP contribution in [0.5, 0.6) is 0 Å². The van der Waals surface area contributed by atoms with Gasteiger partial charge < -0.3 is 0 Å². The van der Waals surface area contributed by atoms with Crippen molar-refractivity contribution in [1.29, 1.82) is 0 Å². The Morgan fingerprint density at radius 3 is 1.52 bits per heavy atom. The topological polar surface area (TPSA) is 0 Å². The highest BCUT2D eigenvalue weighted by Gasteiger charge is 2.46. The number of hydrogen-bond acceptors (Lipinski definition) is 0. The maximum atomic E-state index is 3.36. The Labute approximate surface area is 129 Å². The molecule has 1 aliphatic carbocycles. The van der Waals surface area contributed by atoms with Crippen molar-refractivity contribution in [3.63, 3.8) is 0 Å². The quantitative estimate of drug-likeness (QED) is 0.502. The molecule has 0 heterocycles. The summed E-state index contributed by atoms with van der Waals surface area (Å²) < 4.78 is 0. The molecule has 0 aliphatic heterocycles. The molecule has 0 saturated carbocycles. The van der Waals surface area contributed by atoms with Crippen molar-refractivity contribution in [2.75, 3.05) is 0 Å². The average molecular weight is 278 g/mol. The van der Waals surface area contributed by atoms with E-state index in [4.69, 9.17) is 0 Å². The van der Waals surface area contributed by atoms with Gasteiger partial charge in [0.2, 0.25) is 0 Å². The van der Waals surface area contributed by atoms with Gasteiger partial charge >= 0.3 is 0 Å². The summed E-state index contributed by atoms with van der Waals surface area (Å²) in [6, 6.07) is 17.7. The van der Waals surface area contributed by atoms with E-state index in [0.29, 0.717) is 0 Å². The van der Waals surface area contributed by atoms with E-state index in [-0.39, 0.29) is 10.8 Å². The second-order valence-corrected chi connectivity index (χ2v) is 6.87. The van der Waals surface area contributed by atoms with Crippen LogP contribution in [0.4, 0.5) is 0 Å². The molecule has 1 aliphatic rings. The third-order valence-corrected chi connectivity index (χ3v) is 4.72. The van der Waals surface area contributed by atoms with Crippen molar-refractivity contribution in [2.45, 2.75) is 40.0 Å². The summed E-state index contributed by atoms with van der Waals surface area (Å²) in [6.07, 6.45) is 1.75. The van der Waals surface area contributed by atoms with Gasteiger partial charge in [-0.05, 0) is 34.6 Å². The Morgan fingerprint density at radius 2 is 1.19 bits per heavy atom. The summed E-state index contributed by atoms with van der Waals surface area (Å²) in [5.74, 6) is 0. The van der Waals surface area contributed by atoms with Crippen LogP contribution >= 0.6 is 0 Å². The van der Waals surface area contributed by atoms with Gasteiger partial charge in [0.25, 0.3) is 0 Å². The van der Waals surface area contributed by atoms with Gasteiger partial charge in [-0.15, -0.1) is 6.58 Å². The van der Waals surface area contributed by atoms with E-state index < -0.39 is 0 Å². The summed E-state index contributed by atoms with van der Waals surface area (Å²) in [4.78, 5) is 0. The zero-order chi connectivity index (χ0) is 15.7. The molecule has 110 valence electrons. The molecule has 3 rings (SSSR count). The third-order valence-electron chi connectivity index (χ3n) is 4.72. The normalized spacial score (nSPS) is 14.5. The zero-order valence-corrected chi connectivity index (χ0v) is 13.9. The Hall–Kier alpha value is -1.82. The smallest absolute Gasteiger partial charge is 0.0235 e. The van der Waals surface area contributed by atoms with Crippen LogP contribution in [0.15, 0.2) is 61.2 Å². The Balaban J connectivity index is 0.000000497. The zero-order valence-electron chi connectivity index (χ0n) is 13.9. The molecule has 0 radical (unpaired) electrons. The fourth-order valence-corrected chi connectivity index (χ4v) is 3.26. The lowest BCUT2D eigenvalue weighted by Gasteiger charge is -2.40. The van der Waals surface area contributed by atoms with Crippen LogP contribution in [-0.4, -0.2) is 0 Å². The summed E-state index contributed by atoms with van der Waals surface area (Å²) in [5.41, 5.74) is 6.06. The third kappa shape index (κ3) is 2.33. The van der Waals surface area contributed by atoms with Gasteiger partial charge in [-0.2, -0.15) is 0 Å². The first-order chi connectivity index (χ1) is 9.87. The highest BCUT2D eigenvalue weighted by atomic mass is 14.5. The molecule has 0 heteroatoms. The summed E-state index contributed by atoms with van der Waals surface area (Å²) in [5, 5.41) is 0. The second-order valence-electron chi connectivity index (χ2n) is 6.87. The lowest BCUT2D eigenvalue weighted by atomic mass is 9.62. The van der Waals surface area contributed by atoms with Crippen LogP contribution in [0, 0.1) is 5.41 Å². The lowest BCUT2D eigenvalue weighted by molar-refractivity contribution is 0.255. The highest BCUT2D eigenvalue weighted by molar-refractivity contribution is 5.81. The van der Waals surface area contributed by atoms with Crippen molar-refractivity contribution in [3.05, 3.63) is 72.3 Å². The van der Waals surface area contributed by atoms with E-state index in [2.05, 4.69) is 82.8 Å². The Kier molecular flexibility index (Phi) is 4.09. The predicted octanol–water partition coefficient (Wildman–Crippen LogP) is 6.21. The minimum Gasteiger partial charge on any atom is -0.103 e. The highest BCUT2D eigenvalue weighted by Crippen LogP contribution is 2.56. The minimum absolute atomic E-state index is 0.0974. The van der Waals surface area contributed by atoms with Crippen molar-refractivity contribution in [3.8, 4) is 11.1 Å². The number of hydrogen-bond donors (Lipinski definition) is 0. The van der Waals surface area contributed by atoms with Crippen molar-refractivity contribution >= 4 is 0 Å². The van der Waals surface area contributed by atoms with Gasteiger partial charge in [0.05, 0.1) is 0 Å². The molecule has 0 aromatic heterocycles. The van der Waals surface area contributed by atoms with E-state index in [1.165, 1.54) is 22.3 Å². The largest absolute Gasteiger partial charge is 0.103 e. The molecule has 0 bridgehead atoms. The first-order valence-corrected chi connectivity index (χ1v) is 7.64. The average Bonchev–Trinajstić information content (AvgIpc) is 2.72. The van der Waals surface area contributed by atoms with Gasteiger partial charge in [-0.3, -0.25) is 0 Å². The van der Waals surface area contributed by atoms with Gasteiger partial charge in [-0.1, -0.05) is 82.3 Å². The molecule has 0 atom stereocenters. The summed E-state index contributed by atoms with van der Waals surface area (Å²) in [7, 11) is 0. The standard InChI is InChI=1S/C18H20.C3H6/c1-17(2,3)18(4)15-11-7-5-9-13(15)14-10-6-8-12-16(14)18;1-3-2/h5-12H,1-4H3;3H,1H2,2H3. The summed E-state index contributed by atoms with van der Waals surface area (Å²) in [6.45, 7) is 14.7. The van der Waals surface area contributed by atoms with Gasteiger partial charge in [0, 0.05) is 5.41 Å². The lowest BCUT2D eigenvalue weighted by Crippen LogP contribution is -2.36. The van der Waals surface area contributed by atoms with Gasteiger partial charge in [-0.25, -0.2) is 0 Å². The van der Waals surface area contributed by atoms with Gasteiger partial charge in [0.1, 0.15) is 0 Å². The molecule has 0 unspecified atom stereocenters. The molecule has 0 fully saturated rings. The van der Waals surface area contributed by atoms with E-state index in [0.717, 1.165) is 0 Å².